The Labute approximate surface area is 716 Å². The Kier molecular flexibility index (Phi) is 31.3. The smallest absolute Gasteiger partial charge is 0.410 e. The van der Waals surface area contributed by atoms with Gasteiger partial charge in [-0.2, -0.15) is 10.2 Å². The van der Waals surface area contributed by atoms with Crippen LogP contribution in [0, 0.1) is 19.3 Å². The number of ether oxygens (including phenoxy) is 4. The molecule has 0 fully saturated rings. The third kappa shape index (κ3) is 27.3. The van der Waals surface area contributed by atoms with Crippen molar-refractivity contribution in [2.45, 2.75) is 206 Å². The Morgan fingerprint density at radius 2 is 0.793 bits per heavy atom. The Morgan fingerprint density at radius 1 is 0.438 bits per heavy atom. The number of hydrogen-bond donors (Lipinski definition) is 7. The van der Waals surface area contributed by atoms with E-state index in [0.717, 1.165) is 82.2 Å². The predicted octanol–water partition coefficient (Wildman–Crippen LogP) is 20.8. The van der Waals surface area contributed by atoms with Crippen LogP contribution in [0.5, 0.6) is 11.5 Å². The topological polar surface area (TPSA) is 320 Å². The van der Waals surface area contributed by atoms with Gasteiger partial charge in [-0.05, 0) is 186 Å². The van der Waals surface area contributed by atoms with Crippen LogP contribution in [0.15, 0.2) is 181 Å². The summed E-state index contributed by atoms with van der Waals surface area (Å²) >= 11 is 5.76. The van der Waals surface area contributed by atoms with Crippen LogP contribution in [0.4, 0.5) is 53.8 Å². The number of carboxylic acids is 1. The van der Waals surface area contributed by atoms with Crippen molar-refractivity contribution >= 4 is 110 Å². The number of aliphatic carboxylic acids is 1. The van der Waals surface area contributed by atoms with Gasteiger partial charge in [-0.3, -0.25) is 30.0 Å². The average Bonchev–Trinajstić information content (AvgIpc) is 1.74. The normalized spacial score (nSPS) is 11.6. The molecule has 4 aromatic heterocycles. The van der Waals surface area contributed by atoms with Crippen molar-refractivity contribution in [3.8, 4) is 22.9 Å². The molecule has 0 saturated carbocycles. The fourth-order valence-electron chi connectivity index (χ4n) is 11.0. The number of rotatable bonds is 19. The Balaban J connectivity index is 0.000000266. The maximum atomic E-state index is 13.5. The van der Waals surface area contributed by atoms with E-state index >= 15 is 0 Å². The SMILES string of the molecule is CC(C)=C(Cl)N(C)C.CN(C(=O)OC(C)(C)C)C(C)(C)C(=O)O.Cc1ccc(-n2nc(C(C)(C)C)cc2NC(=O)Nc2ccc(OCc3ccnc(NC(=O)C(C)(C)C)c3)c3ccccc23)cc1.Cc1ccc(-n2nc(C(C)(C)C)cc2NC(=O)Nc2ccc(OCc3ccnc(NC(=O)C(C)(C)N(C)C(=O)OC(C)(C)C)c3)c3ccccc23)cc1. The minimum Gasteiger partial charge on any atom is -0.488 e. The predicted molar refractivity (Wildman–Crippen MR) is 483 cm³/mol. The van der Waals surface area contributed by atoms with Crippen LogP contribution in [-0.4, -0.2) is 142 Å². The number of benzene rings is 6. The van der Waals surface area contributed by atoms with Crippen LogP contribution in [0.1, 0.15) is 179 Å². The van der Waals surface area contributed by atoms with Crippen LogP contribution in [0.3, 0.4) is 0 Å². The molecule has 0 atom stereocenters. The summed E-state index contributed by atoms with van der Waals surface area (Å²) in [6, 6.07) is 48.8. The summed E-state index contributed by atoms with van der Waals surface area (Å²) in [5.41, 5.74) is 4.92. The second-order valence-electron chi connectivity index (χ2n) is 35.8. The first-order valence-electron chi connectivity index (χ1n) is 39.6. The molecular weight excluding hydrogens is 1550 g/mol. The molecule has 0 aliphatic heterocycles. The zero-order valence-corrected chi connectivity index (χ0v) is 75.7. The molecule has 0 aliphatic carbocycles. The molecule has 0 unspecified atom stereocenters. The van der Waals surface area contributed by atoms with E-state index in [1.54, 1.807) is 101 Å². The van der Waals surface area contributed by atoms with Gasteiger partial charge in [-0.1, -0.05) is 158 Å². The molecule has 0 saturated heterocycles. The lowest BCUT2D eigenvalue weighted by Crippen LogP contribution is -2.54. The monoisotopic (exact) mass is 1670 g/mol. The molecule has 7 N–H and O–H groups in total. The van der Waals surface area contributed by atoms with Gasteiger partial charge in [0, 0.05) is 90.5 Å². The number of likely N-dealkylation sites (N-methyl/N-ethyl adjacent to an activating group) is 2. The van der Waals surface area contributed by atoms with Crippen LogP contribution in [0.25, 0.3) is 32.9 Å². The number of amides is 8. The summed E-state index contributed by atoms with van der Waals surface area (Å²) in [6.45, 7) is 43.2. The number of urea groups is 2. The quantitative estimate of drug-likeness (QED) is 0.0370. The molecule has 0 radical (unpaired) electrons. The molecule has 646 valence electrons. The Hall–Kier alpha value is -12.5. The molecule has 27 nitrogen and oxygen atoms in total. The molecule has 8 amide bonds. The number of nitrogens with zero attached hydrogens (tertiary/aromatic N) is 9. The summed E-state index contributed by atoms with van der Waals surface area (Å²) in [6.07, 6.45) is 1.98. The van der Waals surface area contributed by atoms with Crippen molar-refractivity contribution in [2.24, 2.45) is 5.41 Å². The summed E-state index contributed by atoms with van der Waals surface area (Å²) in [5.74, 6) is 1.58. The van der Waals surface area contributed by atoms with Gasteiger partial charge in [-0.25, -0.2) is 43.3 Å². The van der Waals surface area contributed by atoms with Crippen molar-refractivity contribution in [3.05, 3.63) is 214 Å². The van der Waals surface area contributed by atoms with Crippen molar-refractivity contribution in [3.63, 3.8) is 0 Å². The highest BCUT2D eigenvalue weighted by Crippen LogP contribution is 2.37. The number of allylic oxidation sites excluding steroid dienone is 1. The van der Waals surface area contributed by atoms with E-state index in [4.69, 9.17) is 45.9 Å². The first-order valence-corrected chi connectivity index (χ1v) is 40.0. The number of anilines is 6. The number of carboxylic acid groups (broad SMARTS) is 1. The molecule has 6 aromatic carbocycles. The molecular formula is C93H120ClN15O12. The van der Waals surface area contributed by atoms with E-state index in [-0.39, 0.29) is 36.0 Å². The van der Waals surface area contributed by atoms with Crippen LogP contribution >= 0.6 is 11.6 Å². The van der Waals surface area contributed by atoms with Crippen molar-refractivity contribution in [2.75, 3.05) is 60.1 Å². The van der Waals surface area contributed by atoms with Crippen molar-refractivity contribution in [1.29, 1.82) is 0 Å². The number of aromatic nitrogens is 6. The maximum absolute atomic E-state index is 13.5. The average molecular weight is 1680 g/mol. The summed E-state index contributed by atoms with van der Waals surface area (Å²) < 4.78 is 26.5. The number of fused-ring (bicyclic) bond motifs is 2. The van der Waals surface area contributed by atoms with Crippen LogP contribution in [0.2, 0.25) is 0 Å². The highest BCUT2D eigenvalue weighted by atomic mass is 35.5. The Morgan fingerprint density at radius 3 is 1.12 bits per heavy atom. The van der Waals surface area contributed by atoms with Gasteiger partial charge in [-0.15, -0.1) is 0 Å². The minimum absolute atomic E-state index is 0.111. The minimum atomic E-state index is -1.28. The number of hydrogen-bond acceptors (Lipinski definition) is 16. The molecule has 0 bridgehead atoms. The second kappa shape index (κ2) is 39.6. The standard InChI is InChI=1S/C41H49N7O5.C36H40N6O3.C10H19NO4.C6H12ClN/c1-26-15-17-28(18-16-26)48-35(24-33(46-48)39(2,3)4)45-37(50)43-31-19-20-32(30-14-12-11-13-29(30)31)52-25-27-21-22-42-34(23-27)44-36(49)41(8,9)47(10)38(51)53-40(5,6)7;1-23-12-14-25(15-13-23)42-32(21-30(41-42)35(2,3)4)40-34(44)38-28-16-17-29(27-11-9-8-10-26(27)28)45-22-24-18-19-37-31(20-24)39-33(43)36(5,6)7;1-9(2,3)15-8(14)11(6)10(4,5)7(12)13;1-5(2)6(7)8(3)4/h11-24H,25H2,1-10H3,(H,42,44,49)(H2,43,45,50);8-21H,22H2,1-7H3,(H,37,39,43)(H2,38,40,44);1-6H3,(H,12,13);1-4H3. The number of nitrogens with one attached hydrogen (secondary N) is 6. The third-order valence-corrected chi connectivity index (χ3v) is 19.5. The van der Waals surface area contributed by atoms with Gasteiger partial charge in [0.05, 0.1) is 34.1 Å². The lowest BCUT2D eigenvalue weighted by atomic mass is 9.92. The van der Waals surface area contributed by atoms with Crippen LogP contribution in [-0.2, 0) is 47.9 Å². The summed E-state index contributed by atoms with van der Waals surface area (Å²) in [5, 5.41) is 40.3. The van der Waals surface area contributed by atoms with E-state index in [0.29, 0.717) is 46.1 Å². The lowest BCUT2D eigenvalue weighted by molar-refractivity contribution is -0.148. The van der Waals surface area contributed by atoms with E-state index < -0.39 is 57.8 Å². The third-order valence-electron chi connectivity index (χ3n) is 18.8. The van der Waals surface area contributed by atoms with Gasteiger partial charge in [0.1, 0.15) is 75.4 Å². The fourth-order valence-corrected chi connectivity index (χ4v) is 11.0. The van der Waals surface area contributed by atoms with Gasteiger partial charge < -0.3 is 50.2 Å². The number of pyridine rings is 2. The van der Waals surface area contributed by atoms with E-state index in [1.807, 2.05) is 201 Å². The Bertz CT molecular complexity index is 5360. The van der Waals surface area contributed by atoms with Gasteiger partial charge in [0.15, 0.2) is 0 Å². The van der Waals surface area contributed by atoms with Gasteiger partial charge in [0.2, 0.25) is 5.91 Å². The maximum Gasteiger partial charge on any atom is 0.410 e. The van der Waals surface area contributed by atoms with Gasteiger partial charge >= 0.3 is 30.2 Å². The van der Waals surface area contributed by atoms with Crippen LogP contribution < -0.4 is 41.4 Å². The number of carbonyl (C=O) groups is 7. The number of carbonyl (C=O) groups excluding carboxylic acids is 6. The number of halogens is 1. The van der Waals surface area contributed by atoms with Crippen molar-refractivity contribution < 1.29 is 57.6 Å². The zero-order valence-electron chi connectivity index (χ0n) is 74.9. The number of aryl methyl sites for hydroxylation is 2. The highest BCUT2D eigenvalue weighted by Gasteiger charge is 2.39. The molecule has 121 heavy (non-hydrogen) atoms. The first kappa shape index (κ1) is 95.6. The molecule has 0 aliphatic rings. The molecule has 4 heterocycles. The van der Waals surface area contributed by atoms with E-state index in [9.17, 15) is 33.6 Å². The fraction of sp³-hybridized carbons (Fsp3) is 0.387. The first-order chi connectivity index (χ1) is 56.1. The summed E-state index contributed by atoms with van der Waals surface area (Å²) in [7, 11) is 6.78. The van der Waals surface area contributed by atoms with Crippen molar-refractivity contribution in [1.82, 2.24) is 44.2 Å². The lowest BCUT2D eigenvalue weighted by Gasteiger charge is -2.35. The molecule has 10 aromatic rings. The molecule has 10 rings (SSSR count). The van der Waals surface area contributed by atoms with Gasteiger partial charge in [0.25, 0.3) is 5.91 Å². The second-order valence-corrected chi connectivity index (χ2v) is 36.2. The molecule has 28 heteroatoms. The summed E-state index contributed by atoms with van der Waals surface area (Å²) in [4.78, 5) is 100. The highest BCUT2D eigenvalue weighted by molar-refractivity contribution is 6.29. The largest absolute Gasteiger partial charge is 0.488 e. The van der Waals surface area contributed by atoms with E-state index in [1.165, 1.54) is 32.8 Å². The zero-order chi connectivity index (χ0) is 90.2. The van der Waals surface area contributed by atoms with E-state index in [2.05, 4.69) is 83.4 Å². The molecule has 0 spiro atoms.